The summed E-state index contributed by atoms with van der Waals surface area (Å²) in [5.74, 6) is 1.24. The number of halogens is 3. The Balaban J connectivity index is 1.54. The molecule has 0 fully saturated rings. The quantitative estimate of drug-likeness (QED) is 0.176. The first-order valence-corrected chi connectivity index (χ1v) is 16.1. The Morgan fingerprint density at radius 1 is 0.512 bits per heavy atom. The van der Waals surface area contributed by atoms with Gasteiger partial charge in [-0.25, -0.2) is 15.0 Å². The summed E-state index contributed by atoms with van der Waals surface area (Å²) >= 11 is 11.4. The molecule has 5 aromatic rings. The van der Waals surface area contributed by atoms with Crippen LogP contribution in [0.2, 0.25) is 0 Å². The summed E-state index contributed by atoms with van der Waals surface area (Å²) in [7, 11) is 0. The van der Waals surface area contributed by atoms with E-state index in [1.54, 1.807) is 0 Å². The summed E-state index contributed by atoms with van der Waals surface area (Å²) < 4.78 is 2.78. The van der Waals surface area contributed by atoms with Gasteiger partial charge in [0, 0.05) is 24.5 Å². The number of benzene rings is 5. The van der Waals surface area contributed by atoms with Crippen LogP contribution in [0.15, 0.2) is 173 Å². The molecule has 0 N–H and O–H groups in total. The van der Waals surface area contributed by atoms with Gasteiger partial charge >= 0.3 is 0 Å². The van der Waals surface area contributed by atoms with Gasteiger partial charge in [0.15, 0.2) is 11.6 Å². The topological polar surface area (TPSA) is 40.3 Å². The zero-order chi connectivity index (χ0) is 29.3. The van der Waals surface area contributed by atoms with Gasteiger partial charge in [0.2, 0.25) is 0 Å². The Morgan fingerprint density at radius 3 is 1.44 bits per heavy atom. The van der Waals surface area contributed by atoms with E-state index in [0.717, 1.165) is 58.5 Å². The van der Waals surface area contributed by atoms with Gasteiger partial charge in [-0.15, -0.1) is 0 Å². The zero-order valence-corrected chi connectivity index (χ0v) is 27.5. The molecule has 0 aromatic heterocycles. The lowest BCUT2D eigenvalue weighted by Gasteiger charge is -2.30. The summed E-state index contributed by atoms with van der Waals surface area (Å²) in [6.07, 6.45) is 0. The number of aliphatic imine (C=N–C) groups is 3. The third kappa shape index (κ3) is 5.37. The maximum absolute atomic E-state index is 5.37. The van der Waals surface area contributed by atoms with Crippen LogP contribution in [0.3, 0.4) is 0 Å². The molecule has 1 atom stereocenters. The van der Waals surface area contributed by atoms with Crippen molar-refractivity contribution in [1.82, 2.24) is 0 Å². The SMILES string of the molecule is Brc1cc(Br)c(N2C(=C3N=C(c4ccccc4)C(c4ccccc4)=N3)N=C(c3ccccc3)C2c2ccccc2)c(Br)c1. The van der Waals surface area contributed by atoms with Crippen molar-refractivity contribution >= 4 is 70.6 Å². The summed E-state index contributed by atoms with van der Waals surface area (Å²) in [6.45, 7) is 0. The van der Waals surface area contributed by atoms with Crippen LogP contribution in [0.5, 0.6) is 0 Å². The van der Waals surface area contributed by atoms with Crippen molar-refractivity contribution in [3.63, 3.8) is 0 Å². The average Bonchev–Trinajstić information content (AvgIpc) is 3.65. The van der Waals surface area contributed by atoms with Crippen molar-refractivity contribution in [2.75, 3.05) is 4.90 Å². The van der Waals surface area contributed by atoms with Gasteiger partial charge in [0.05, 0.1) is 22.8 Å². The molecule has 0 amide bonds. The fourth-order valence-corrected chi connectivity index (χ4v) is 8.08. The van der Waals surface area contributed by atoms with Gasteiger partial charge < -0.3 is 4.90 Å². The standard InChI is InChI=1S/C36H23Br3N4/c37-27-21-28(38)34(29(39)22-27)43-33(26-19-11-4-12-20-26)32(25-17-9-3-10-18-25)42-36(43)35-40-30(23-13-5-1-6-14-23)31(41-35)24-15-7-2-8-16-24/h1-22,33H. The normalized spacial score (nSPS) is 16.3. The fourth-order valence-electron chi connectivity index (χ4n) is 5.44. The smallest absolute Gasteiger partial charge is 0.197 e. The maximum atomic E-state index is 5.37. The van der Waals surface area contributed by atoms with E-state index in [1.807, 2.05) is 60.7 Å². The largest absolute Gasteiger partial charge is 0.308 e. The highest BCUT2D eigenvalue weighted by molar-refractivity contribution is 9.11. The number of anilines is 1. The highest BCUT2D eigenvalue weighted by Gasteiger charge is 2.40. The molecule has 0 bridgehead atoms. The minimum absolute atomic E-state index is 0.230. The first-order valence-electron chi connectivity index (χ1n) is 13.7. The van der Waals surface area contributed by atoms with E-state index in [-0.39, 0.29) is 6.04 Å². The summed E-state index contributed by atoms with van der Waals surface area (Å²) in [6, 6.07) is 45.1. The highest BCUT2D eigenvalue weighted by Crippen LogP contribution is 2.48. The second-order valence-corrected chi connectivity index (χ2v) is 12.7. The highest BCUT2D eigenvalue weighted by atomic mass is 79.9. The van der Waals surface area contributed by atoms with Gasteiger partial charge in [0.25, 0.3) is 0 Å². The Morgan fingerprint density at radius 2 is 0.953 bits per heavy atom. The molecule has 7 rings (SSSR count). The molecule has 0 radical (unpaired) electrons. The van der Waals surface area contributed by atoms with E-state index >= 15 is 0 Å². The molecule has 0 saturated heterocycles. The van der Waals surface area contributed by atoms with Gasteiger partial charge in [-0.1, -0.05) is 137 Å². The lowest BCUT2D eigenvalue weighted by atomic mass is 9.96. The van der Waals surface area contributed by atoms with Gasteiger partial charge in [-0.2, -0.15) is 0 Å². The summed E-state index contributed by atoms with van der Waals surface area (Å²) in [5, 5.41) is 0. The van der Waals surface area contributed by atoms with Crippen molar-refractivity contribution in [2.45, 2.75) is 6.04 Å². The van der Waals surface area contributed by atoms with E-state index in [9.17, 15) is 0 Å². The molecule has 0 aliphatic carbocycles. The zero-order valence-electron chi connectivity index (χ0n) is 22.7. The lowest BCUT2D eigenvalue weighted by molar-refractivity contribution is 0.864. The maximum Gasteiger partial charge on any atom is 0.197 e. The minimum atomic E-state index is -0.230. The van der Waals surface area contributed by atoms with Gasteiger partial charge in [-0.05, 0) is 55.1 Å². The first kappa shape index (κ1) is 27.9. The third-order valence-corrected chi connectivity index (χ3v) is 9.00. The minimum Gasteiger partial charge on any atom is -0.308 e. The first-order chi connectivity index (χ1) is 21.1. The molecule has 7 heteroatoms. The monoisotopic (exact) mass is 748 g/mol. The second kappa shape index (κ2) is 12.0. The van der Waals surface area contributed by atoms with Crippen molar-refractivity contribution in [1.29, 1.82) is 0 Å². The third-order valence-electron chi connectivity index (χ3n) is 7.33. The predicted octanol–water partition coefficient (Wildman–Crippen LogP) is 10.1. The Kier molecular flexibility index (Phi) is 7.78. The average molecular weight is 751 g/mol. The van der Waals surface area contributed by atoms with Crippen molar-refractivity contribution in [2.24, 2.45) is 15.0 Å². The van der Waals surface area contributed by atoms with Crippen LogP contribution < -0.4 is 4.90 Å². The molecule has 0 saturated carbocycles. The van der Waals surface area contributed by atoms with Crippen LogP contribution in [-0.2, 0) is 0 Å². The molecular weight excluding hydrogens is 728 g/mol. The second-order valence-electron chi connectivity index (χ2n) is 10.1. The molecule has 0 spiro atoms. The van der Waals surface area contributed by atoms with E-state index in [4.69, 9.17) is 15.0 Å². The molecule has 2 aliphatic rings. The van der Waals surface area contributed by atoms with Crippen molar-refractivity contribution in [3.05, 3.63) is 181 Å². The lowest BCUT2D eigenvalue weighted by Crippen LogP contribution is -2.28. The molecule has 2 aliphatic heterocycles. The van der Waals surface area contributed by atoms with E-state index in [0.29, 0.717) is 11.6 Å². The van der Waals surface area contributed by atoms with E-state index < -0.39 is 0 Å². The van der Waals surface area contributed by atoms with Gasteiger partial charge in [0.1, 0.15) is 6.04 Å². The number of hydrogen-bond acceptors (Lipinski definition) is 4. The van der Waals surface area contributed by atoms with Crippen molar-refractivity contribution < 1.29 is 0 Å². The molecule has 2 heterocycles. The van der Waals surface area contributed by atoms with Crippen LogP contribution >= 0.6 is 47.8 Å². The van der Waals surface area contributed by atoms with Crippen LogP contribution in [0, 0.1) is 0 Å². The number of nitrogens with zero attached hydrogens (tertiary/aromatic N) is 4. The van der Waals surface area contributed by atoms with Crippen LogP contribution in [-0.4, -0.2) is 17.1 Å². The van der Waals surface area contributed by atoms with E-state index in [1.165, 1.54) is 0 Å². The molecule has 5 aromatic carbocycles. The molecule has 1 unspecified atom stereocenters. The Labute approximate surface area is 275 Å². The van der Waals surface area contributed by atoms with E-state index in [2.05, 4.69) is 125 Å². The van der Waals surface area contributed by atoms with Crippen LogP contribution in [0.4, 0.5) is 5.69 Å². The summed E-state index contributed by atoms with van der Waals surface area (Å²) in [4.78, 5) is 18.0. The fraction of sp³-hybridized carbons (Fsp3) is 0.0278. The molecule has 43 heavy (non-hydrogen) atoms. The van der Waals surface area contributed by atoms with Gasteiger partial charge in [-0.3, -0.25) is 0 Å². The molecular formula is C36H23Br3N4. The molecule has 4 nitrogen and oxygen atoms in total. The molecule has 208 valence electrons. The Bertz CT molecular complexity index is 1850. The Hall–Kier alpha value is -3.91. The van der Waals surface area contributed by atoms with Crippen molar-refractivity contribution in [3.8, 4) is 0 Å². The number of hydrogen-bond donors (Lipinski definition) is 0. The predicted molar refractivity (Wildman–Crippen MR) is 187 cm³/mol. The number of rotatable bonds is 5. The van der Waals surface area contributed by atoms with Crippen LogP contribution in [0.25, 0.3) is 0 Å². The van der Waals surface area contributed by atoms with Crippen LogP contribution in [0.1, 0.15) is 28.3 Å². The summed E-state index contributed by atoms with van der Waals surface area (Å²) in [5.41, 5.74) is 7.67.